The molecule has 0 atom stereocenters. The second-order valence-corrected chi connectivity index (χ2v) is 3.41. The van der Waals surface area contributed by atoms with Gasteiger partial charge in [-0.05, 0) is 25.0 Å². The number of benzene rings is 1. The van der Waals surface area contributed by atoms with Gasteiger partial charge < -0.3 is 10.4 Å². The van der Waals surface area contributed by atoms with Crippen molar-refractivity contribution >= 4 is 5.91 Å². The Bertz CT molecular complexity index is 394. The first kappa shape index (κ1) is 12.6. The Morgan fingerprint density at radius 2 is 2.06 bits per heavy atom. The molecule has 0 radical (unpaired) electrons. The molecule has 1 aromatic carbocycles. The first-order valence-electron chi connectivity index (χ1n) is 4.91. The lowest BCUT2D eigenvalue weighted by molar-refractivity contribution is 0.0947. The Morgan fingerprint density at radius 1 is 1.38 bits per heavy atom. The fraction of sp³-hybridized carbons (Fsp3) is 0.364. The topological polar surface area (TPSA) is 49.3 Å². The Kier molecular flexibility index (Phi) is 4.37. The summed E-state index contributed by atoms with van der Waals surface area (Å²) >= 11 is 0. The number of nitrogens with one attached hydrogen (secondary N) is 1. The van der Waals surface area contributed by atoms with Crippen LogP contribution in [0.1, 0.15) is 22.3 Å². The average molecular weight is 229 g/mol. The normalized spacial score (nSPS) is 10.2. The Hall–Kier alpha value is -1.49. The van der Waals surface area contributed by atoms with Crippen molar-refractivity contribution in [2.45, 2.75) is 13.3 Å². The van der Waals surface area contributed by atoms with Gasteiger partial charge in [0.25, 0.3) is 5.91 Å². The molecule has 0 unspecified atom stereocenters. The minimum atomic E-state index is -0.885. The number of aryl methyl sites for hydroxylation is 1. The van der Waals surface area contributed by atoms with Crippen molar-refractivity contribution in [2.75, 3.05) is 13.2 Å². The van der Waals surface area contributed by atoms with Crippen LogP contribution in [0.25, 0.3) is 0 Å². The molecule has 1 amide bonds. The quantitative estimate of drug-likeness (QED) is 0.766. The van der Waals surface area contributed by atoms with Crippen molar-refractivity contribution in [1.82, 2.24) is 5.32 Å². The number of carbonyl (C=O) groups excluding carboxylic acids is 1. The Labute approximate surface area is 92.1 Å². The summed E-state index contributed by atoms with van der Waals surface area (Å²) in [7, 11) is 0. The zero-order chi connectivity index (χ0) is 12.1. The number of carbonyl (C=O) groups is 1. The molecule has 0 saturated carbocycles. The molecule has 0 aliphatic rings. The number of rotatable bonds is 4. The average Bonchev–Trinajstić information content (AvgIpc) is 2.23. The predicted octanol–water partition coefficient (Wildman–Crippen LogP) is 1.39. The van der Waals surface area contributed by atoms with Crippen molar-refractivity contribution in [3.8, 4) is 0 Å². The van der Waals surface area contributed by atoms with Crippen molar-refractivity contribution < 1.29 is 18.7 Å². The Balaban J connectivity index is 2.79. The van der Waals surface area contributed by atoms with E-state index in [0.717, 1.165) is 0 Å². The van der Waals surface area contributed by atoms with Crippen LogP contribution in [-0.4, -0.2) is 24.2 Å². The maximum absolute atomic E-state index is 13.2. The van der Waals surface area contributed by atoms with Crippen molar-refractivity contribution in [3.05, 3.63) is 34.9 Å². The maximum atomic E-state index is 13.2. The first-order chi connectivity index (χ1) is 7.56. The smallest absolute Gasteiger partial charge is 0.254 e. The maximum Gasteiger partial charge on any atom is 0.254 e. The summed E-state index contributed by atoms with van der Waals surface area (Å²) in [6.45, 7) is 1.66. The van der Waals surface area contributed by atoms with Crippen LogP contribution in [0.4, 0.5) is 8.78 Å². The van der Waals surface area contributed by atoms with E-state index in [2.05, 4.69) is 5.32 Å². The van der Waals surface area contributed by atoms with Gasteiger partial charge in [-0.25, -0.2) is 8.78 Å². The monoisotopic (exact) mass is 229 g/mol. The highest BCUT2D eigenvalue weighted by Crippen LogP contribution is 2.13. The first-order valence-corrected chi connectivity index (χ1v) is 4.91. The molecule has 1 rings (SSSR count). The molecule has 0 spiro atoms. The molecular formula is C11H13F2NO2. The zero-order valence-electron chi connectivity index (χ0n) is 8.89. The third-order valence-corrected chi connectivity index (χ3v) is 2.11. The van der Waals surface area contributed by atoms with Crippen LogP contribution in [0, 0.1) is 18.6 Å². The van der Waals surface area contributed by atoms with Crippen molar-refractivity contribution in [1.29, 1.82) is 0 Å². The molecule has 0 heterocycles. The van der Waals surface area contributed by atoms with Gasteiger partial charge >= 0.3 is 0 Å². The number of halogens is 2. The highest BCUT2D eigenvalue weighted by Gasteiger charge is 2.13. The van der Waals surface area contributed by atoms with Gasteiger partial charge in [0.1, 0.15) is 11.6 Å². The van der Waals surface area contributed by atoms with E-state index in [1.165, 1.54) is 13.0 Å². The number of hydrogen-bond acceptors (Lipinski definition) is 2. The number of aliphatic hydroxyl groups is 1. The largest absolute Gasteiger partial charge is 0.396 e. The lowest BCUT2D eigenvalue weighted by atomic mass is 10.1. The summed E-state index contributed by atoms with van der Waals surface area (Å²) in [5.74, 6) is -2.16. The molecule has 5 heteroatoms. The van der Waals surface area contributed by atoms with E-state index < -0.39 is 17.5 Å². The van der Waals surface area contributed by atoms with Crippen LogP contribution in [0.3, 0.4) is 0 Å². The van der Waals surface area contributed by atoms with E-state index in [0.29, 0.717) is 12.5 Å². The molecular weight excluding hydrogens is 216 g/mol. The van der Waals surface area contributed by atoms with Gasteiger partial charge in [0.15, 0.2) is 0 Å². The Morgan fingerprint density at radius 3 is 2.69 bits per heavy atom. The van der Waals surface area contributed by atoms with Crippen molar-refractivity contribution in [3.63, 3.8) is 0 Å². The lowest BCUT2D eigenvalue weighted by Crippen LogP contribution is -2.26. The molecule has 0 aromatic heterocycles. The van der Waals surface area contributed by atoms with Gasteiger partial charge in [-0.15, -0.1) is 0 Å². The zero-order valence-corrected chi connectivity index (χ0v) is 8.89. The van der Waals surface area contributed by atoms with Gasteiger partial charge in [-0.1, -0.05) is 0 Å². The molecule has 0 bridgehead atoms. The van der Waals surface area contributed by atoms with E-state index >= 15 is 0 Å². The second-order valence-electron chi connectivity index (χ2n) is 3.41. The minimum absolute atomic E-state index is 0.0504. The van der Waals surface area contributed by atoms with Gasteiger partial charge in [0.2, 0.25) is 0 Å². The summed E-state index contributed by atoms with van der Waals surface area (Å²) < 4.78 is 26.2. The van der Waals surface area contributed by atoms with Gasteiger partial charge in [0.05, 0.1) is 5.56 Å². The van der Waals surface area contributed by atoms with Crippen molar-refractivity contribution in [2.24, 2.45) is 0 Å². The van der Waals surface area contributed by atoms with E-state index in [1.54, 1.807) is 0 Å². The molecule has 88 valence electrons. The van der Waals surface area contributed by atoms with Crippen LogP contribution in [0.2, 0.25) is 0 Å². The number of hydrogen-bond donors (Lipinski definition) is 2. The standard InChI is InChI=1S/C11H13F2NO2/c1-7-5-8(10(13)6-9(7)12)11(16)14-3-2-4-15/h5-6,15H,2-4H2,1H3,(H,14,16). The molecule has 16 heavy (non-hydrogen) atoms. The second kappa shape index (κ2) is 5.55. The molecule has 0 fully saturated rings. The van der Waals surface area contributed by atoms with Gasteiger partial charge in [-0.3, -0.25) is 4.79 Å². The summed E-state index contributed by atoms with van der Waals surface area (Å²) in [6, 6.07) is 1.86. The van der Waals surface area contributed by atoms with Gasteiger partial charge in [-0.2, -0.15) is 0 Å². The summed E-state index contributed by atoms with van der Waals surface area (Å²) in [5.41, 5.74) is 0.0329. The summed E-state index contributed by atoms with van der Waals surface area (Å²) in [5, 5.41) is 10.9. The molecule has 0 saturated heterocycles. The van der Waals surface area contributed by atoms with Crippen LogP contribution < -0.4 is 5.32 Å². The van der Waals surface area contributed by atoms with E-state index in [1.807, 2.05) is 0 Å². The van der Waals surface area contributed by atoms with E-state index in [-0.39, 0.29) is 24.3 Å². The van der Waals surface area contributed by atoms with Gasteiger partial charge in [0, 0.05) is 19.2 Å². The third-order valence-electron chi connectivity index (χ3n) is 2.11. The lowest BCUT2D eigenvalue weighted by Gasteiger charge is -2.06. The molecule has 0 aliphatic carbocycles. The van der Waals surface area contributed by atoms with Crippen LogP contribution in [-0.2, 0) is 0 Å². The van der Waals surface area contributed by atoms with Crippen LogP contribution in [0.5, 0.6) is 0 Å². The molecule has 0 aliphatic heterocycles. The highest BCUT2D eigenvalue weighted by atomic mass is 19.1. The van der Waals surface area contributed by atoms with Crippen LogP contribution >= 0.6 is 0 Å². The fourth-order valence-corrected chi connectivity index (χ4v) is 1.21. The third kappa shape index (κ3) is 3.00. The predicted molar refractivity (Wildman–Crippen MR) is 55.1 cm³/mol. The van der Waals surface area contributed by atoms with Crippen LogP contribution in [0.15, 0.2) is 12.1 Å². The molecule has 2 N–H and O–H groups in total. The highest BCUT2D eigenvalue weighted by molar-refractivity contribution is 5.94. The molecule has 3 nitrogen and oxygen atoms in total. The summed E-state index contributed by atoms with van der Waals surface area (Å²) in [4.78, 5) is 11.4. The number of aliphatic hydroxyl groups excluding tert-OH is 1. The molecule has 1 aromatic rings. The fourth-order valence-electron chi connectivity index (χ4n) is 1.21. The summed E-state index contributed by atoms with van der Waals surface area (Å²) in [6.07, 6.45) is 0.396. The van der Waals surface area contributed by atoms with E-state index in [4.69, 9.17) is 5.11 Å². The SMILES string of the molecule is Cc1cc(C(=O)NCCCO)c(F)cc1F. The van der Waals surface area contributed by atoms with E-state index in [9.17, 15) is 13.6 Å². The number of amides is 1. The minimum Gasteiger partial charge on any atom is -0.396 e.